The summed E-state index contributed by atoms with van der Waals surface area (Å²) in [6, 6.07) is 17.6. The van der Waals surface area contributed by atoms with Gasteiger partial charge >= 0.3 is 5.97 Å². The van der Waals surface area contributed by atoms with E-state index in [1.807, 2.05) is 48.0 Å². The number of aromatic nitrogens is 2. The lowest BCUT2D eigenvalue weighted by Crippen LogP contribution is -2.01. The first-order chi connectivity index (χ1) is 17.8. The molecule has 0 saturated carbocycles. The normalized spacial score (nSPS) is 11.2. The number of nitrogens with zero attached hydrogens (tertiary/aromatic N) is 2. The van der Waals surface area contributed by atoms with E-state index in [1.54, 1.807) is 36.4 Å². The predicted molar refractivity (Wildman–Crippen MR) is 146 cm³/mol. The highest BCUT2D eigenvalue weighted by Gasteiger charge is 2.11. The third kappa shape index (κ3) is 6.79. The Kier molecular flexibility index (Phi) is 8.64. The van der Waals surface area contributed by atoms with Gasteiger partial charge in [-0.3, -0.25) is 4.79 Å². The average molecular weight is 539 g/mol. The number of benzene rings is 3. The predicted octanol–water partition coefficient (Wildman–Crippen LogP) is 8.10. The fraction of sp³-hybridized carbons (Fsp3) is 0.172. The molecule has 0 unspecified atom stereocenters. The van der Waals surface area contributed by atoms with Gasteiger partial charge in [0.1, 0.15) is 17.4 Å². The first kappa shape index (κ1) is 26.5. The van der Waals surface area contributed by atoms with Crippen molar-refractivity contribution in [2.75, 3.05) is 6.61 Å². The van der Waals surface area contributed by atoms with Crippen LogP contribution in [0.1, 0.15) is 31.2 Å². The van der Waals surface area contributed by atoms with E-state index in [2.05, 4.69) is 0 Å². The van der Waals surface area contributed by atoms with Gasteiger partial charge < -0.3 is 14.4 Å². The molecular weight excluding hydrogens is 514 g/mol. The van der Waals surface area contributed by atoms with Gasteiger partial charge in [0, 0.05) is 35.3 Å². The summed E-state index contributed by atoms with van der Waals surface area (Å²) >= 11 is 12.4. The van der Waals surface area contributed by atoms with Crippen molar-refractivity contribution in [1.29, 1.82) is 0 Å². The van der Waals surface area contributed by atoms with Gasteiger partial charge in [-0.1, -0.05) is 41.4 Å². The minimum absolute atomic E-state index is 0.0681. The Balaban J connectivity index is 1.52. The first-order valence-corrected chi connectivity index (χ1v) is 12.5. The Hall–Kier alpha value is -3.61. The van der Waals surface area contributed by atoms with Crippen LogP contribution in [-0.2, 0) is 11.3 Å². The summed E-state index contributed by atoms with van der Waals surface area (Å²) < 4.78 is 22.2. The van der Waals surface area contributed by atoms with E-state index in [0.717, 1.165) is 16.7 Å². The van der Waals surface area contributed by atoms with Crippen LogP contribution in [0.3, 0.4) is 0 Å². The molecule has 1 aromatic heterocycles. The van der Waals surface area contributed by atoms with E-state index >= 15 is 0 Å². The van der Waals surface area contributed by atoms with Crippen LogP contribution in [0.5, 0.6) is 5.75 Å². The Morgan fingerprint density at radius 3 is 2.51 bits per heavy atom. The fourth-order valence-corrected chi connectivity index (χ4v) is 4.32. The van der Waals surface area contributed by atoms with Crippen molar-refractivity contribution in [3.05, 3.63) is 94.1 Å². The van der Waals surface area contributed by atoms with Crippen LogP contribution in [0, 0.1) is 5.82 Å². The van der Waals surface area contributed by atoms with E-state index in [1.165, 1.54) is 6.07 Å². The third-order valence-electron chi connectivity index (χ3n) is 5.75. The zero-order valence-electron chi connectivity index (χ0n) is 20.1. The zero-order chi connectivity index (χ0) is 26.4. The highest BCUT2D eigenvalue weighted by atomic mass is 35.5. The second-order valence-electron chi connectivity index (χ2n) is 8.33. The summed E-state index contributed by atoms with van der Waals surface area (Å²) in [6.45, 7) is 3.02. The number of carbonyl (C=O) groups is 1. The van der Waals surface area contributed by atoms with Crippen molar-refractivity contribution < 1.29 is 19.0 Å². The van der Waals surface area contributed by atoms with Gasteiger partial charge in [0.15, 0.2) is 0 Å². The van der Waals surface area contributed by atoms with Crippen LogP contribution in [0.25, 0.3) is 34.5 Å². The van der Waals surface area contributed by atoms with Gasteiger partial charge in [-0.15, -0.1) is 0 Å². The molecule has 0 atom stereocenters. The molecule has 0 spiro atoms. The minimum atomic E-state index is -0.842. The minimum Gasteiger partial charge on any atom is -0.494 e. The summed E-state index contributed by atoms with van der Waals surface area (Å²) in [7, 11) is 0. The topological polar surface area (TPSA) is 64.4 Å². The first-order valence-electron chi connectivity index (χ1n) is 11.8. The fourth-order valence-electron chi connectivity index (χ4n) is 3.82. The van der Waals surface area contributed by atoms with E-state index in [0.29, 0.717) is 52.4 Å². The van der Waals surface area contributed by atoms with Gasteiger partial charge in [-0.05, 0) is 79.1 Å². The number of carboxylic acids is 1. The molecule has 37 heavy (non-hydrogen) atoms. The summed E-state index contributed by atoms with van der Waals surface area (Å²) in [5.41, 5.74) is 3.68. The maximum absolute atomic E-state index is 14.7. The maximum Gasteiger partial charge on any atom is 0.303 e. The van der Waals surface area contributed by atoms with Gasteiger partial charge in [0.2, 0.25) is 0 Å². The summed E-state index contributed by atoms with van der Waals surface area (Å²) in [5.74, 6) is 0.149. The molecule has 0 fully saturated rings. The van der Waals surface area contributed by atoms with E-state index in [4.69, 9.17) is 38.0 Å². The molecule has 0 radical (unpaired) electrons. The highest BCUT2D eigenvalue weighted by molar-refractivity contribution is 6.36. The van der Waals surface area contributed by atoms with Crippen LogP contribution in [0.4, 0.5) is 4.39 Å². The smallest absolute Gasteiger partial charge is 0.303 e. The number of ether oxygens (including phenoxy) is 1. The number of aliphatic carboxylic acids is 1. The molecule has 5 nitrogen and oxygen atoms in total. The molecule has 0 saturated heterocycles. The molecule has 1 N–H and O–H groups in total. The zero-order valence-corrected chi connectivity index (χ0v) is 21.6. The quantitative estimate of drug-likeness (QED) is 0.207. The lowest BCUT2D eigenvalue weighted by atomic mass is 10.0. The standard InChI is InChI=1S/C29H25Cl2FN2O3/c1-2-34-18-27(24-12-9-22(30)17-25(24)31)33-28(34)14-8-21-16-20(7-13-26(21)32)19-5-10-23(11-6-19)37-15-3-4-29(35)36/h5-14,16-18H,2-4,15H2,1H3,(H,35,36)/b14-8+. The lowest BCUT2D eigenvalue weighted by molar-refractivity contribution is -0.137. The number of imidazole rings is 1. The monoisotopic (exact) mass is 538 g/mol. The second-order valence-corrected chi connectivity index (χ2v) is 9.18. The van der Waals surface area contributed by atoms with E-state index in [-0.39, 0.29) is 12.2 Å². The molecule has 3 aromatic carbocycles. The molecule has 4 aromatic rings. The van der Waals surface area contributed by atoms with Crippen molar-refractivity contribution in [3.8, 4) is 28.1 Å². The molecule has 0 aliphatic rings. The SMILES string of the molecule is CCn1cc(-c2ccc(Cl)cc2Cl)nc1/C=C/c1cc(-c2ccc(OCCCC(=O)O)cc2)ccc1F. The number of rotatable bonds is 10. The lowest BCUT2D eigenvalue weighted by Gasteiger charge is -2.08. The average Bonchev–Trinajstić information content (AvgIpc) is 3.29. The third-order valence-corrected chi connectivity index (χ3v) is 6.30. The number of hydrogen-bond acceptors (Lipinski definition) is 3. The molecule has 0 bridgehead atoms. The van der Waals surface area contributed by atoms with Crippen LogP contribution >= 0.6 is 23.2 Å². The highest BCUT2D eigenvalue weighted by Crippen LogP contribution is 2.30. The largest absolute Gasteiger partial charge is 0.494 e. The number of halogens is 3. The summed E-state index contributed by atoms with van der Waals surface area (Å²) in [4.78, 5) is 15.3. The number of aryl methyl sites for hydroxylation is 1. The maximum atomic E-state index is 14.7. The molecular formula is C29H25Cl2FN2O3. The number of carboxylic acid groups (broad SMARTS) is 1. The summed E-state index contributed by atoms with van der Waals surface area (Å²) in [5, 5.41) is 9.78. The van der Waals surface area contributed by atoms with Crippen molar-refractivity contribution in [1.82, 2.24) is 9.55 Å². The van der Waals surface area contributed by atoms with Crippen molar-refractivity contribution in [3.63, 3.8) is 0 Å². The van der Waals surface area contributed by atoms with Crippen molar-refractivity contribution >= 4 is 41.3 Å². The Bertz CT molecular complexity index is 1430. The molecule has 0 aliphatic heterocycles. The van der Waals surface area contributed by atoms with Crippen LogP contribution in [0.2, 0.25) is 10.0 Å². The molecule has 0 amide bonds. The van der Waals surface area contributed by atoms with Crippen LogP contribution in [-0.4, -0.2) is 27.2 Å². The van der Waals surface area contributed by atoms with Crippen molar-refractivity contribution in [2.24, 2.45) is 0 Å². The van der Waals surface area contributed by atoms with Crippen molar-refractivity contribution in [2.45, 2.75) is 26.3 Å². The Labute approximate surface area is 224 Å². The molecule has 0 aliphatic carbocycles. The van der Waals surface area contributed by atoms with Gasteiger partial charge in [0.05, 0.1) is 17.3 Å². The van der Waals surface area contributed by atoms with E-state index < -0.39 is 5.97 Å². The van der Waals surface area contributed by atoms with Gasteiger partial charge in [0.25, 0.3) is 0 Å². The molecule has 4 rings (SSSR count). The second kappa shape index (κ2) is 12.1. The number of hydrogen-bond donors (Lipinski definition) is 1. The Morgan fingerprint density at radius 2 is 1.81 bits per heavy atom. The summed E-state index contributed by atoms with van der Waals surface area (Å²) in [6.07, 6.45) is 5.91. The van der Waals surface area contributed by atoms with Crippen LogP contribution < -0.4 is 4.74 Å². The van der Waals surface area contributed by atoms with Crippen LogP contribution in [0.15, 0.2) is 66.9 Å². The molecule has 190 valence electrons. The van der Waals surface area contributed by atoms with Gasteiger partial charge in [-0.2, -0.15) is 0 Å². The molecule has 8 heteroatoms. The van der Waals surface area contributed by atoms with Gasteiger partial charge in [-0.25, -0.2) is 9.37 Å². The Morgan fingerprint density at radius 1 is 1.05 bits per heavy atom. The van der Waals surface area contributed by atoms with E-state index in [9.17, 15) is 9.18 Å². The molecule has 1 heterocycles.